The van der Waals surface area contributed by atoms with E-state index in [-0.39, 0.29) is 18.0 Å². The highest BCUT2D eigenvalue weighted by atomic mass is 32.1. The minimum atomic E-state index is -0.516. The largest absolute Gasteiger partial charge is 0.496 e. The van der Waals surface area contributed by atoms with Crippen molar-refractivity contribution in [1.29, 1.82) is 0 Å². The Morgan fingerprint density at radius 2 is 2.22 bits per heavy atom. The molecule has 118 valence electrons. The summed E-state index contributed by atoms with van der Waals surface area (Å²) in [6.45, 7) is 0.0715. The molecule has 0 atom stereocenters. The van der Waals surface area contributed by atoms with Gasteiger partial charge in [0.15, 0.2) is 11.5 Å². The summed E-state index contributed by atoms with van der Waals surface area (Å²) in [5.74, 6) is 1.18. The third-order valence-corrected chi connectivity index (χ3v) is 3.95. The fraction of sp³-hybridized carbons (Fsp3) is 0.133. The van der Waals surface area contributed by atoms with Crippen LogP contribution in [0.15, 0.2) is 46.3 Å². The Morgan fingerprint density at radius 3 is 2.91 bits per heavy atom. The number of hydrogen-bond donors (Lipinski definition) is 0. The number of nitro benzene ring substituents is 1. The van der Waals surface area contributed by atoms with Gasteiger partial charge in [0.05, 0.1) is 23.0 Å². The van der Waals surface area contributed by atoms with Crippen molar-refractivity contribution in [2.24, 2.45) is 0 Å². The number of aromatic nitrogens is 1. The lowest BCUT2D eigenvalue weighted by Gasteiger charge is -2.06. The Kier molecular flexibility index (Phi) is 4.24. The number of methoxy groups -OCH3 is 1. The third-order valence-electron chi connectivity index (χ3n) is 3.06. The van der Waals surface area contributed by atoms with Gasteiger partial charge in [-0.15, -0.1) is 11.3 Å². The molecule has 0 radical (unpaired) electrons. The van der Waals surface area contributed by atoms with Crippen LogP contribution in [0.5, 0.6) is 11.5 Å². The lowest BCUT2D eigenvalue weighted by Crippen LogP contribution is -1.99. The van der Waals surface area contributed by atoms with Gasteiger partial charge < -0.3 is 14.0 Å². The third kappa shape index (κ3) is 3.32. The normalized spacial score (nSPS) is 10.5. The van der Waals surface area contributed by atoms with E-state index in [9.17, 15) is 10.1 Å². The number of ether oxygens (including phenoxy) is 2. The van der Waals surface area contributed by atoms with E-state index in [2.05, 4.69) is 5.16 Å². The van der Waals surface area contributed by atoms with Crippen molar-refractivity contribution in [3.05, 3.63) is 57.6 Å². The number of benzene rings is 1. The first kappa shape index (κ1) is 15.0. The molecule has 0 bridgehead atoms. The molecule has 3 rings (SSSR count). The summed E-state index contributed by atoms with van der Waals surface area (Å²) in [6, 6.07) is 10.00. The quantitative estimate of drug-likeness (QED) is 0.502. The fourth-order valence-electron chi connectivity index (χ4n) is 1.96. The van der Waals surface area contributed by atoms with Crippen molar-refractivity contribution < 1.29 is 18.9 Å². The molecule has 0 saturated carbocycles. The second-order valence-corrected chi connectivity index (χ2v) is 5.49. The van der Waals surface area contributed by atoms with Crippen LogP contribution < -0.4 is 9.47 Å². The molecule has 0 spiro atoms. The topological polar surface area (TPSA) is 87.6 Å². The van der Waals surface area contributed by atoms with Crippen molar-refractivity contribution >= 4 is 17.0 Å². The van der Waals surface area contributed by atoms with Crippen LogP contribution in [0.2, 0.25) is 0 Å². The highest BCUT2D eigenvalue weighted by Crippen LogP contribution is 2.32. The summed E-state index contributed by atoms with van der Waals surface area (Å²) < 4.78 is 15.7. The summed E-state index contributed by atoms with van der Waals surface area (Å²) in [7, 11) is 1.45. The fourth-order valence-corrected chi connectivity index (χ4v) is 2.63. The molecule has 1 aromatic carbocycles. The smallest absolute Gasteiger partial charge is 0.314 e. The van der Waals surface area contributed by atoms with Gasteiger partial charge in [-0.1, -0.05) is 11.2 Å². The molecule has 0 unspecified atom stereocenters. The molecule has 0 saturated heterocycles. The van der Waals surface area contributed by atoms with Crippen LogP contribution in [0, 0.1) is 10.1 Å². The van der Waals surface area contributed by atoms with Gasteiger partial charge in [-0.05, 0) is 23.6 Å². The first-order chi connectivity index (χ1) is 11.2. The maximum Gasteiger partial charge on any atom is 0.314 e. The minimum absolute atomic E-state index is 0.0715. The number of hydrogen-bond acceptors (Lipinski definition) is 7. The molecule has 0 fully saturated rings. The molecular formula is C15H12N2O5S. The van der Waals surface area contributed by atoms with Gasteiger partial charge in [0, 0.05) is 6.07 Å². The van der Waals surface area contributed by atoms with Crippen molar-refractivity contribution in [2.45, 2.75) is 6.61 Å². The highest BCUT2D eigenvalue weighted by molar-refractivity contribution is 7.13. The molecule has 0 aliphatic carbocycles. The van der Waals surface area contributed by atoms with Gasteiger partial charge >= 0.3 is 5.69 Å². The Bertz CT molecular complexity index is 813. The van der Waals surface area contributed by atoms with E-state index in [4.69, 9.17) is 14.0 Å². The van der Waals surface area contributed by atoms with Crippen LogP contribution in [0.25, 0.3) is 10.6 Å². The second-order valence-electron chi connectivity index (χ2n) is 4.54. The predicted octanol–water partition coefficient (Wildman–Crippen LogP) is 3.90. The van der Waals surface area contributed by atoms with E-state index in [1.165, 1.54) is 30.6 Å². The monoisotopic (exact) mass is 332 g/mol. The molecule has 0 aliphatic rings. The number of thiophene rings is 1. The van der Waals surface area contributed by atoms with E-state index < -0.39 is 4.92 Å². The van der Waals surface area contributed by atoms with E-state index in [0.717, 1.165) is 4.88 Å². The Hall–Kier alpha value is -2.87. The zero-order valence-electron chi connectivity index (χ0n) is 12.1. The lowest BCUT2D eigenvalue weighted by molar-refractivity contribution is -0.386. The van der Waals surface area contributed by atoms with Gasteiger partial charge in [0.2, 0.25) is 0 Å². The SMILES string of the molecule is COc1ccc(OCc2cc(-c3cccs3)on2)c([N+](=O)[O-])c1. The van der Waals surface area contributed by atoms with Gasteiger partial charge in [-0.2, -0.15) is 0 Å². The van der Waals surface area contributed by atoms with Gasteiger partial charge in [-0.25, -0.2) is 0 Å². The molecule has 2 aromatic heterocycles. The Balaban J connectivity index is 1.74. The first-order valence-corrected chi connectivity index (χ1v) is 7.50. The van der Waals surface area contributed by atoms with Crippen LogP contribution >= 0.6 is 11.3 Å². The number of rotatable bonds is 6. The molecule has 23 heavy (non-hydrogen) atoms. The average Bonchev–Trinajstić information content (AvgIpc) is 3.23. The summed E-state index contributed by atoms with van der Waals surface area (Å²) in [5, 5.41) is 16.9. The van der Waals surface area contributed by atoms with Gasteiger partial charge in [0.1, 0.15) is 18.1 Å². The summed E-state index contributed by atoms with van der Waals surface area (Å²) in [5.41, 5.74) is 0.393. The molecule has 0 amide bonds. The summed E-state index contributed by atoms with van der Waals surface area (Å²) in [6.07, 6.45) is 0. The zero-order chi connectivity index (χ0) is 16.2. The molecule has 3 aromatic rings. The molecule has 0 N–H and O–H groups in total. The Morgan fingerprint density at radius 1 is 1.35 bits per heavy atom. The summed E-state index contributed by atoms with van der Waals surface area (Å²) >= 11 is 1.54. The molecule has 8 heteroatoms. The Labute approximate surface area is 135 Å². The molecule has 2 heterocycles. The predicted molar refractivity (Wildman–Crippen MR) is 83.8 cm³/mol. The van der Waals surface area contributed by atoms with Crippen LogP contribution in [-0.2, 0) is 6.61 Å². The maximum absolute atomic E-state index is 11.1. The van der Waals surface area contributed by atoms with Crippen molar-refractivity contribution in [3.8, 4) is 22.1 Å². The number of nitrogens with zero attached hydrogens (tertiary/aromatic N) is 2. The second kappa shape index (κ2) is 6.49. The lowest BCUT2D eigenvalue weighted by atomic mass is 10.2. The summed E-state index contributed by atoms with van der Waals surface area (Å²) in [4.78, 5) is 11.5. The van der Waals surface area contributed by atoms with Gasteiger partial charge in [0.25, 0.3) is 0 Å². The standard InChI is InChI=1S/C15H12N2O5S/c1-20-11-4-5-13(12(8-11)17(18)19)21-9-10-7-14(22-16-10)15-3-2-6-23-15/h2-8H,9H2,1H3. The maximum atomic E-state index is 11.1. The van der Waals surface area contributed by atoms with Crippen molar-refractivity contribution in [1.82, 2.24) is 5.16 Å². The highest BCUT2D eigenvalue weighted by Gasteiger charge is 2.17. The molecule has 0 aliphatic heterocycles. The van der Waals surface area contributed by atoms with E-state index >= 15 is 0 Å². The van der Waals surface area contributed by atoms with Crippen LogP contribution in [0.4, 0.5) is 5.69 Å². The molecular weight excluding hydrogens is 320 g/mol. The first-order valence-electron chi connectivity index (χ1n) is 6.62. The van der Waals surface area contributed by atoms with Crippen molar-refractivity contribution in [2.75, 3.05) is 7.11 Å². The van der Waals surface area contributed by atoms with Crippen LogP contribution in [-0.4, -0.2) is 17.2 Å². The minimum Gasteiger partial charge on any atom is -0.496 e. The van der Waals surface area contributed by atoms with E-state index in [1.54, 1.807) is 12.1 Å². The van der Waals surface area contributed by atoms with E-state index in [1.807, 2.05) is 17.5 Å². The van der Waals surface area contributed by atoms with Gasteiger partial charge in [-0.3, -0.25) is 10.1 Å². The average molecular weight is 332 g/mol. The van der Waals surface area contributed by atoms with Crippen LogP contribution in [0.3, 0.4) is 0 Å². The molecule has 7 nitrogen and oxygen atoms in total. The van der Waals surface area contributed by atoms with Crippen LogP contribution in [0.1, 0.15) is 5.69 Å². The number of nitro groups is 1. The van der Waals surface area contributed by atoms with E-state index in [0.29, 0.717) is 17.2 Å². The van der Waals surface area contributed by atoms with Crippen molar-refractivity contribution in [3.63, 3.8) is 0 Å². The zero-order valence-corrected chi connectivity index (χ0v) is 12.9.